The van der Waals surface area contributed by atoms with Gasteiger partial charge in [-0.1, -0.05) is 0 Å². The number of benzene rings is 1. The Morgan fingerprint density at radius 1 is 1.42 bits per heavy atom. The van der Waals surface area contributed by atoms with Gasteiger partial charge in [-0.05, 0) is 45.0 Å². The van der Waals surface area contributed by atoms with Crippen molar-refractivity contribution in [2.45, 2.75) is 25.8 Å². The van der Waals surface area contributed by atoms with E-state index in [9.17, 15) is 4.39 Å². The molecule has 5 heteroatoms. The van der Waals surface area contributed by atoms with Gasteiger partial charge < -0.3 is 15.2 Å². The number of aromatic nitrogens is 2. The van der Waals surface area contributed by atoms with Crippen molar-refractivity contribution in [1.82, 2.24) is 14.5 Å². The number of nitrogens with zero attached hydrogens (tertiary/aromatic N) is 3. The summed E-state index contributed by atoms with van der Waals surface area (Å²) in [7, 11) is 2.12. The van der Waals surface area contributed by atoms with Gasteiger partial charge in [-0.15, -0.1) is 0 Å². The van der Waals surface area contributed by atoms with Crippen LogP contribution >= 0.6 is 0 Å². The monoisotopic (exact) mass is 262 g/mol. The predicted molar refractivity (Wildman–Crippen MR) is 74.6 cm³/mol. The van der Waals surface area contributed by atoms with Gasteiger partial charge in [0.1, 0.15) is 5.82 Å². The summed E-state index contributed by atoms with van der Waals surface area (Å²) in [5.74, 6) is 0.262. The first-order valence-electron chi connectivity index (χ1n) is 6.68. The lowest BCUT2D eigenvalue weighted by atomic mass is 10.1. The van der Waals surface area contributed by atoms with E-state index >= 15 is 0 Å². The van der Waals surface area contributed by atoms with Gasteiger partial charge in [0.2, 0.25) is 5.95 Å². The Morgan fingerprint density at radius 3 is 2.95 bits per heavy atom. The van der Waals surface area contributed by atoms with Gasteiger partial charge in [0.05, 0.1) is 11.0 Å². The highest BCUT2D eigenvalue weighted by atomic mass is 19.1. The number of imidazole rings is 1. The van der Waals surface area contributed by atoms with Crippen LogP contribution in [0.2, 0.25) is 0 Å². The molecule has 1 aliphatic rings. The SMILES string of the molecule is Cc1cc2c(cc1F)nc(N)n2C1CCCN(C)C1. The molecule has 0 saturated carbocycles. The van der Waals surface area contributed by atoms with E-state index in [1.165, 1.54) is 6.07 Å². The van der Waals surface area contributed by atoms with E-state index in [0.717, 1.165) is 31.4 Å². The normalized spacial score (nSPS) is 21.1. The summed E-state index contributed by atoms with van der Waals surface area (Å²) < 4.78 is 15.7. The minimum atomic E-state index is -0.224. The third-order valence-electron chi connectivity index (χ3n) is 3.96. The van der Waals surface area contributed by atoms with Crippen molar-refractivity contribution < 1.29 is 4.39 Å². The first-order chi connectivity index (χ1) is 9.06. The second-order valence-corrected chi connectivity index (χ2v) is 5.49. The maximum Gasteiger partial charge on any atom is 0.201 e. The zero-order valence-corrected chi connectivity index (χ0v) is 11.4. The number of nitrogen functional groups attached to an aromatic ring is 1. The van der Waals surface area contributed by atoms with Gasteiger partial charge in [0.25, 0.3) is 0 Å². The maximum absolute atomic E-state index is 13.6. The molecule has 0 bridgehead atoms. The van der Waals surface area contributed by atoms with Crippen LogP contribution < -0.4 is 5.73 Å². The molecule has 1 aromatic heterocycles. The molecule has 0 spiro atoms. The van der Waals surface area contributed by atoms with E-state index < -0.39 is 0 Å². The van der Waals surface area contributed by atoms with Crippen molar-refractivity contribution in [3.8, 4) is 0 Å². The summed E-state index contributed by atoms with van der Waals surface area (Å²) in [6, 6.07) is 3.65. The lowest BCUT2D eigenvalue weighted by molar-refractivity contribution is 0.216. The predicted octanol–water partition coefficient (Wildman–Crippen LogP) is 2.33. The van der Waals surface area contributed by atoms with E-state index in [-0.39, 0.29) is 5.82 Å². The Hall–Kier alpha value is -1.62. The fourth-order valence-corrected chi connectivity index (χ4v) is 2.97. The highest BCUT2D eigenvalue weighted by molar-refractivity contribution is 5.79. The molecule has 3 rings (SSSR count). The molecule has 2 aromatic rings. The molecule has 1 fully saturated rings. The molecule has 102 valence electrons. The van der Waals surface area contributed by atoms with Gasteiger partial charge >= 0.3 is 0 Å². The second kappa shape index (κ2) is 4.49. The number of anilines is 1. The quantitative estimate of drug-likeness (QED) is 0.858. The van der Waals surface area contributed by atoms with Crippen LogP contribution in [0.1, 0.15) is 24.4 Å². The Labute approximate surface area is 112 Å². The molecule has 1 saturated heterocycles. The van der Waals surface area contributed by atoms with Crippen LogP contribution in [0.5, 0.6) is 0 Å². The summed E-state index contributed by atoms with van der Waals surface area (Å²) in [5, 5.41) is 0. The van der Waals surface area contributed by atoms with E-state index in [2.05, 4.69) is 21.5 Å². The molecule has 1 aromatic carbocycles. The number of hydrogen-bond donors (Lipinski definition) is 1. The van der Waals surface area contributed by atoms with E-state index in [0.29, 0.717) is 23.1 Å². The number of rotatable bonds is 1. The molecular formula is C14H19FN4. The van der Waals surface area contributed by atoms with E-state index in [4.69, 9.17) is 5.73 Å². The first kappa shape index (κ1) is 12.4. The van der Waals surface area contributed by atoms with Crippen LogP contribution in [0, 0.1) is 12.7 Å². The van der Waals surface area contributed by atoms with Crippen molar-refractivity contribution in [2.75, 3.05) is 25.9 Å². The van der Waals surface area contributed by atoms with Crippen LogP contribution in [0.3, 0.4) is 0 Å². The molecular weight excluding hydrogens is 243 g/mol. The van der Waals surface area contributed by atoms with Gasteiger partial charge in [0, 0.05) is 18.7 Å². The van der Waals surface area contributed by atoms with Crippen LogP contribution in [-0.2, 0) is 0 Å². The summed E-state index contributed by atoms with van der Waals surface area (Å²) in [5.41, 5.74) is 8.27. The summed E-state index contributed by atoms with van der Waals surface area (Å²) in [4.78, 5) is 6.60. The second-order valence-electron chi connectivity index (χ2n) is 5.49. The minimum absolute atomic E-state index is 0.224. The maximum atomic E-state index is 13.6. The third-order valence-corrected chi connectivity index (χ3v) is 3.96. The minimum Gasteiger partial charge on any atom is -0.369 e. The van der Waals surface area contributed by atoms with Crippen LogP contribution in [-0.4, -0.2) is 34.6 Å². The van der Waals surface area contributed by atoms with E-state index in [1.807, 2.05) is 6.07 Å². The number of nitrogens with two attached hydrogens (primary N) is 1. The smallest absolute Gasteiger partial charge is 0.201 e. The third kappa shape index (κ3) is 2.08. The largest absolute Gasteiger partial charge is 0.369 e. The van der Waals surface area contributed by atoms with Gasteiger partial charge in [-0.2, -0.15) is 0 Å². The van der Waals surface area contributed by atoms with Crippen molar-refractivity contribution in [3.05, 3.63) is 23.5 Å². The lowest BCUT2D eigenvalue weighted by Gasteiger charge is -2.31. The average Bonchev–Trinajstić information content (AvgIpc) is 2.65. The highest BCUT2D eigenvalue weighted by Gasteiger charge is 2.23. The van der Waals surface area contributed by atoms with Crippen LogP contribution in [0.4, 0.5) is 10.3 Å². The molecule has 1 atom stereocenters. The van der Waals surface area contributed by atoms with Crippen molar-refractivity contribution in [2.24, 2.45) is 0 Å². The molecule has 19 heavy (non-hydrogen) atoms. The molecule has 1 aliphatic heterocycles. The average molecular weight is 262 g/mol. The molecule has 0 amide bonds. The molecule has 0 radical (unpaired) electrons. The number of aryl methyl sites for hydroxylation is 1. The number of hydrogen-bond acceptors (Lipinski definition) is 3. The summed E-state index contributed by atoms with van der Waals surface area (Å²) in [6.07, 6.45) is 2.25. The number of likely N-dealkylation sites (tertiary alicyclic amines) is 1. The lowest BCUT2D eigenvalue weighted by Crippen LogP contribution is -2.33. The standard InChI is InChI=1S/C14H19FN4/c1-9-6-13-12(7-11(9)15)17-14(16)19(13)10-4-3-5-18(2)8-10/h6-7,10H,3-5,8H2,1-2H3,(H2,16,17). The fraction of sp³-hybridized carbons (Fsp3) is 0.500. The highest BCUT2D eigenvalue weighted by Crippen LogP contribution is 2.29. The van der Waals surface area contributed by atoms with Gasteiger partial charge in [-0.25, -0.2) is 9.37 Å². The summed E-state index contributed by atoms with van der Waals surface area (Å²) >= 11 is 0. The zero-order chi connectivity index (χ0) is 13.6. The van der Waals surface area contributed by atoms with Crippen LogP contribution in [0.25, 0.3) is 11.0 Å². The van der Waals surface area contributed by atoms with Crippen LogP contribution in [0.15, 0.2) is 12.1 Å². The number of likely N-dealkylation sites (N-methyl/N-ethyl adjacent to an activating group) is 1. The zero-order valence-electron chi connectivity index (χ0n) is 11.4. The van der Waals surface area contributed by atoms with Gasteiger partial charge in [0.15, 0.2) is 0 Å². The fourth-order valence-electron chi connectivity index (χ4n) is 2.97. The molecule has 2 N–H and O–H groups in total. The van der Waals surface area contributed by atoms with Crippen molar-refractivity contribution >= 4 is 17.0 Å². The topological polar surface area (TPSA) is 47.1 Å². The van der Waals surface area contributed by atoms with Crippen molar-refractivity contribution in [3.63, 3.8) is 0 Å². The molecule has 0 aliphatic carbocycles. The molecule has 4 nitrogen and oxygen atoms in total. The Morgan fingerprint density at radius 2 is 2.21 bits per heavy atom. The number of halogens is 1. The Bertz CT molecular complexity index is 619. The number of piperidine rings is 1. The Kier molecular flexibility index (Phi) is 2.93. The number of fused-ring (bicyclic) bond motifs is 1. The first-order valence-corrected chi connectivity index (χ1v) is 6.68. The molecule has 1 unspecified atom stereocenters. The molecule has 2 heterocycles. The van der Waals surface area contributed by atoms with Crippen molar-refractivity contribution in [1.29, 1.82) is 0 Å². The Balaban J connectivity index is 2.12. The van der Waals surface area contributed by atoms with E-state index in [1.54, 1.807) is 6.92 Å². The van der Waals surface area contributed by atoms with Gasteiger partial charge in [-0.3, -0.25) is 0 Å². The summed E-state index contributed by atoms with van der Waals surface area (Å²) in [6.45, 7) is 3.86.